The molecule has 1 saturated heterocycles. The van der Waals surface area contributed by atoms with Gasteiger partial charge in [-0.1, -0.05) is 30.2 Å². The summed E-state index contributed by atoms with van der Waals surface area (Å²) in [5.74, 6) is 0.354. The maximum Gasteiger partial charge on any atom is 0.187 e. The van der Waals surface area contributed by atoms with Crippen molar-refractivity contribution in [2.24, 2.45) is 11.8 Å². The molecule has 0 aromatic carbocycles. The fraction of sp³-hybridized carbons (Fsp3) is 0.800. The molecule has 9 atom stereocenters. The average Bonchev–Trinajstić information content (AvgIpc) is 2.64. The van der Waals surface area contributed by atoms with Crippen LogP contribution in [-0.2, 0) is 9.47 Å². The summed E-state index contributed by atoms with van der Waals surface area (Å²) < 4.78 is 11.4. The third kappa shape index (κ3) is 4.00. The smallest absolute Gasteiger partial charge is 0.187 e. The van der Waals surface area contributed by atoms with Gasteiger partial charge in [0, 0.05) is 5.92 Å². The number of rotatable bonds is 4. The molecule has 0 aromatic heterocycles. The monoisotopic (exact) mass is 384 g/mol. The minimum atomic E-state index is -1.49. The van der Waals surface area contributed by atoms with Crippen molar-refractivity contribution in [1.29, 1.82) is 0 Å². The molecule has 0 radical (unpaired) electrons. The summed E-state index contributed by atoms with van der Waals surface area (Å²) >= 11 is 0. The molecule has 5 N–H and O–H groups in total. The average molecular weight is 384 g/mol. The molecule has 0 saturated carbocycles. The highest BCUT2D eigenvalue weighted by molar-refractivity contribution is 5.28. The summed E-state index contributed by atoms with van der Waals surface area (Å²) in [6.45, 7) is 7.61. The molecular formula is C20H32O7. The highest BCUT2D eigenvalue weighted by Crippen LogP contribution is 2.44. The Labute approximate surface area is 159 Å². The predicted molar refractivity (Wildman–Crippen MR) is 97.6 cm³/mol. The van der Waals surface area contributed by atoms with E-state index in [1.807, 2.05) is 13.8 Å². The summed E-state index contributed by atoms with van der Waals surface area (Å²) in [7, 11) is 0. The molecular weight excluding hydrogens is 352 g/mol. The van der Waals surface area contributed by atoms with Gasteiger partial charge in [0.25, 0.3) is 0 Å². The first kappa shape index (κ1) is 20.9. The van der Waals surface area contributed by atoms with Crippen LogP contribution in [-0.4, -0.2) is 75.1 Å². The van der Waals surface area contributed by atoms with Gasteiger partial charge in [-0.2, -0.15) is 0 Å². The Morgan fingerprint density at radius 3 is 2.48 bits per heavy atom. The van der Waals surface area contributed by atoms with E-state index in [0.29, 0.717) is 12.3 Å². The maximum atomic E-state index is 10.6. The van der Waals surface area contributed by atoms with Crippen LogP contribution in [0, 0.1) is 11.8 Å². The zero-order valence-electron chi connectivity index (χ0n) is 16.0. The molecule has 1 aliphatic heterocycles. The fourth-order valence-corrected chi connectivity index (χ4v) is 4.63. The van der Waals surface area contributed by atoms with Crippen molar-refractivity contribution in [2.75, 3.05) is 6.61 Å². The Kier molecular flexibility index (Phi) is 6.42. The van der Waals surface area contributed by atoms with Crippen LogP contribution >= 0.6 is 0 Å². The molecule has 2 aliphatic carbocycles. The minimum absolute atomic E-state index is 0.0710. The highest BCUT2D eigenvalue weighted by Gasteiger charge is 2.47. The third-order valence-corrected chi connectivity index (χ3v) is 6.43. The lowest BCUT2D eigenvalue weighted by Gasteiger charge is -2.45. The van der Waals surface area contributed by atoms with Crippen LogP contribution in [0.25, 0.3) is 0 Å². The Morgan fingerprint density at radius 2 is 1.85 bits per heavy atom. The first-order valence-corrected chi connectivity index (χ1v) is 9.74. The number of aliphatic hydroxyl groups is 5. The topological polar surface area (TPSA) is 120 Å². The van der Waals surface area contributed by atoms with E-state index >= 15 is 0 Å². The molecule has 7 nitrogen and oxygen atoms in total. The van der Waals surface area contributed by atoms with Gasteiger partial charge in [0.15, 0.2) is 6.29 Å². The predicted octanol–water partition coefficient (Wildman–Crippen LogP) is 0.245. The molecule has 0 aromatic rings. The zero-order chi connectivity index (χ0) is 19.9. The van der Waals surface area contributed by atoms with Crippen molar-refractivity contribution < 1.29 is 35.0 Å². The van der Waals surface area contributed by atoms with Crippen molar-refractivity contribution in [2.45, 2.75) is 82.4 Å². The van der Waals surface area contributed by atoms with Gasteiger partial charge in [0.2, 0.25) is 0 Å². The lowest BCUT2D eigenvalue weighted by molar-refractivity contribution is -0.320. The molecule has 0 amide bonds. The van der Waals surface area contributed by atoms with Crippen LogP contribution in [0.3, 0.4) is 0 Å². The molecule has 3 aliphatic rings. The number of allylic oxidation sites excluding steroid dienone is 1. The second-order valence-electron chi connectivity index (χ2n) is 8.27. The Hall–Kier alpha value is -0.800. The lowest BCUT2D eigenvalue weighted by Crippen LogP contribution is -2.60. The van der Waals surface area contributed by atoms with E-state index in [1.54, 1.807) is 0 Å². The van der Waals surface area contributed by atoms with Crippen LogP contribution in [0.1, 0.15) is 39.5 Å². The van der Waals surface area contributed by atoms with Gasteiger partial charge in [0.1, 0.15) is 24.4 Å². The molecule has 3 rings (SSSR count). The van der Waals surface area contributed by atoms with E-state index in [1.165, 1.54) is 11.1 Å². The lowest BCUT2D eigenvalue weighted by atomic mass is 9.70. The molecule has 0 unspecified atom stereocenters. The van der Waals surface area contributed by atoms with Crippen LogP contribution in [0.15, 0.2) is 23.3 Å². The van der Waals surface area contributed by atoms with Crippen molar-refractivity contribution in [3.63, 3.8) is 0 Å². The van der Waals surface area contributed by atoms with Gasteiger partial charge in [-0.05, 0) is 38.5 Å². The second-order valence-corrected chi connectivity index (χ2v) is 8.27. The molecule has 1 fully saturated rings. The van der Waals surface area contributed by atoms with Gasteiger partial charge in [-0.15, -0.1) is 0 Å². The summed E-state index contributed by atoms with van der Waals surface area (Å²) in [6.07, 6.45) is -4.58. The van der Waals surface area contributed by atoms with Crippen molar-refractivity contribution >= 4 is 0 Å². The van der Waals surface area contributed by atoms with Gasteiger partial charge < -0.3 is 35.0 Å². The normalized spacial score (nSPS) is 45.5. The number of hydrogen-bond donors (Lipinski definition) is 5. The van der Waals surface area contributed by atoms with Gasteiger partial charge in [-0.3, -0.25) is 0 Å². The summed E-state index contributed by atoms with van der Waals surface area (Å²) in [5.41, 5.74) is 3.71. The van der Waals surface area contributed by atoms with Crippen LogP contribution in [0.4, 0.5) is 0 Å². The summed E-state index contributed by atoms with van der Waals surface area (Å²) in [4.78, 5) is 0. The Bertz CT molecular complexity index is 587. The van der Waals surface area contributed by atoms with Gasteiger partial charge in [-0.25, -0.2) is 0 Å². The third-order valence-electron chi connectivity index (χ3n) is 6.43. The Morgan fingerprint density at radius 1 is 1.15 bits per heavy atom. The number of ether oxygens (including phenoxy) is 2. The Balaban J connectivity index is 1.75. The molecule has 7 heteroatoms. The van der Waals surface area contributed by atoms with Crippen LogP contribution in [0.2, 0.25) is 0 Å². The van der Waals surface area contributed by atoms with E-state index < -0.39 is 49.5 Å². The van der Waals surface area contributed by atoms with Crippen molar-refractivity contribution in [3.8, 4) is 0 Å². The van der Waals surface area contributed by atoms with Gasteiger partial charge in [0.05, 0.1) is 18.8 Å². The molecule has 0 spiro atoms. The van der Waals surface area contributed by atoms with Gasteiger partial charge >= 0.3 is 0 Å². The number of hydrogen-bond acceptors (Lipinski definition) is 7. The summed E-state index contributed by atoms with van der Waals surface area (Å²) in [5, 5.41) is 50.1. The SMILES string of the molecule is C=C(C)[C@@H]1CCC2=C(C1)[C@H](C)[C@@H](O[C@@H]1O[C@H](CO)[C@@H](O)[C@H](O)[C@H]1O)[C@@H](O)C2. The van der Waals surface area contributed by atoms with E-state index in [9.17, 15) is 25.5 Å². The van der Waals surface area contributed by atoms with E-state index in [2.05, 4.69) is 6.58 Å². The summed E-state index contributed by atoms with van der Waals surface area (Å²) in [6, 6.07) is 0. The van der Waals surface area contributed by atoms with Crippen LogP contribution in [0.5, 0.6) is 0 Å². The molecule has 154 valence electrons. The van der Waals surface area contributed by atoms with Crippen molar-refractivity contribution in [1.82, 2.24) is 0 Å². The molecule has 1 heterocycles. The number of aliphatic hydroxyl groups excluding tert-OH is 5. The highest BCUT2D eigenvalue weighted by atomic mass is 16.7. The molecule has 0 bridgehead atoms. The largest absolute Gasteiger partial charge is 0.394 e. The zero-order valence-corrected chi connectivity index (χ0v) is 16.0. The quantitative estimate of drug-likeness (QED) is 0.441. The standard InChI is InChI=1S/C20H32O7/c1-9(2)11-4-5-12-7-14(22)19(10(3)13(12)6-11)27-20-18(25)17(24)16(23)15(8-21)26-20/h10-11,14-25H,1,4-8H2,2-3H3/t10-,11+,14-,15+,16+,17-,18+,19+,20-/m0/s1. The van der Waals surface area contributed by atoms with E-state index in [-0.39, 0.29) is 5.92 Å². The minimum Gasteiger partial charge on any atom is -0.394 e. The maximum absolute atomic E-state index is 10.6. The van der Waals surface area contributed by atoms with E-state index in [4.69, 9.17) is 9.47 Å². The second kappa shape index (κ2) is 8.29. The van der Waals surface area contributed by atoms with Crippen LogP contribution < -0.4 is 0 Å². The van der Waals surface area contributed by atoms with E-state index in [0.717, 1.165) is 24.8 Å². The first-order valence-electron chi connectivity index (χ1n) is 9.74. The molecule has 27 heavy (non-hydrogen) atoms. The first-order chi connectivity index (χ1) is 12.7. The fourth-order valence-electron chi connectivity index (χ4n) is 4.63. The van der Waals surface area contributed by atoms with Crippen molar-refractivity contribution in [3.05, 3.63) is 23.3 Å².